The van der Waals surface area contributed by atoms with Gasteiger partial charge in [-0.15, -0.1) is 0 Å². The predicted molar refractivity (Wildman–Crippen MR) is 383 cm³/mol. The van der Waals surface area contributed by atoms with Crippen molar-refractivity contribution in [3.8, 4) is 77.9 Å². The first-order chi connectivity index (χ1) is 48.1. The summed E-state index contributed by atoms with van der Waals surface area (Å²) in [6.45, 7) is 12.8. The Morgan fingerprint density at radius 3 is 1.11 bits per heavy atom. The lowest BCUT2D eigenvalue weighted by Crippen LogP contribution is -2.61. The number of rotatable bonds is 9. The maximum absolute atomic E-state index is 9.57. The Kier molecular flexibility index (Phi) is 10.7. The predicted octanol–water partition coefficient (Wildman–Crippen LogP) is 21.9. The molecule has 0 amide bonds. The minimum Gasteiger partial charge on any atom is -0.456 e. The third-order valence-electron chi connectivity index (χ3n) is 18.1. The van der Waals surface area contributed by atoms with Crippen molar-refractivity contribution in [2.24, 2.45) is 0 Å². The van der Waals surface area contributed by atoms with Crippen LogP contribution in [0.2, 0.25) is 0 Å². The second-order valence-corrected chi connectivity index (χ2v) is 25.7. The van der Waals surface area contributed by atoms with Gasteiger partial charge in [0, 0.05) is 55.8 Å². The van der Waals surface area contributed by atoms with Gasteiger partial charge < -0.3 is 14.2 Å². The second kappa shape index (κ2) is 21.6. The Labute approximate surface area is 543 Å². The van der Waals surface area contributed by atoms with Crippen molar-refractivity contribution in [3.05, 3.63) is 308 Å². The van der Waals surface area contributed by atoms with Gasteiger partial charge >= 0.3 is 0 Å². The van der Waals surface area contributed by atoms with Gasteiger partial charge in [0.15, 0.2) is 0 Å². The highest BCUT2D eigenvalue weighted by atomic mass is 16.3. The molecular formula is C86H67BN2O. The van der Waals surface area contributed by atoms with E-state index in [1.54, 1.807) is 0 Å². The van der Waals surface area contributed by atoms with Crippen LogP contribution in [-0.4, -0.2) is 6.71 Å². The molecule has 14 aromatic rings. The largest absolute Gasteiger partial charge is 0.456 e. The summed E-state index contributed by atoms with van der Waals surface area (Å²) in [5, 5.41) is 1.84. The van der Waals surface area contributed by atoms with Gasteiger partial charge in [-0.25, -0.2) is 0 Å². The molecule has 0 saturated heterocycles. The van der Waals surface area contributed by atoms with Crippen LogP contribution in [0.4, 0.5) is 34.1 Å². The summed E-state index contributed by atoms with van der Waals surface area (Å²) in [6.07, 6.45) is 0. The number of anilines is 6. The van der Waals surface area contributed by atoms with Crippen molar-refractivity contribution in [3.63, 3.8) is 0 Å². The lowest BCUT2D eigenvalue weighted by atomic mass is 9.33. The van der Waals surface area contributed by atoms with Gasteiger partial charge in [-0.3, -0.25) is 0 Å². The van der Waals surface area contributed by atoms with E-state index in [0.29, 0.717) is 28.1 Å². The highest BCUT2D eigenvalue weighted by molar-refractivity contribution is 7.00. The molecule has 90 heavy (non-hydrogen) atoms. The average Bonchev–Trinajstić information content (AvgIpc) is 0.739. The monoisotopic (exact) mass is 1160 g/mol. The molecule has 0 bridgehead atoms. The highest BCUT2D eigenvalue weighted by Gasteiger charge is 2.46. The van der Waals surface area contributed by atoms with Crippen LogP contribution in [0, 0.1) is 0 Å². The van der Waals surface area contributed by atoms with E-state index in [4.69, 9.17) is 12.6 Å². The fourth-order valence-corrected chi connectivity index (χ4v) is 13.7. The second-order valence-electron chi connectivity index (χ2n) is 25.7. The van der Waals surface area contributed by atoms with Gasteiger partial charge in [0.2, 0.25) is 0 Å². The van der Waals surface area contributed by atoms with E-state index >= 15 is 0 Å². The van der Waals surface area contributed by atoms with E-state index in [1.165, 1.54) is 0 Å². The molecule has 0 saturated carbocycles. The zero-order valence-corrected chi connectivity index (χ0v) is 50.9. The molecule has 0 radical (unpaired) electrons. The smallest absolute Gasteiger partial charge is 0.252 e. The topological polar surface area (TPSA) is 19.6 Å². The third-order valence-corrected chi connectivity index (χ3v) is 18.1. The van der Waals surface area contributed by atoms with Crippen molar-refractivity contribution < 1.29 is 18.1 Å². The van der Waals surface area contributed by atoms with E-state index < -0.39 is 43.0 Å². The van der Waals surface area contributed by atoms with E-state index in [9.17, 15) is 5.48 Å². The Morgan fingerprint density at radius 2 is 0.700 bits per heavy atom. The first-order valence-electron chi connectivity index (χ1n) is 35.8. The maximum atomic E-state index is 9.57. The fourth-order valence-electron chi connectivity index (χ4n) is 13.7. The van der Waals surface area contributed by atoms with Gasteiger partial charge in [-0.05, 0) is 155 Å². The van der Waals surface area contributed by atoms with Gasteiger partial charge in [0.1, 0.15) is 11.2 Å². The summed E-state index contributed by atoms with van der Waals surface area (Å²) in [6, 6.07) is 77.7. The van der Waals surface area contributed by atoms with Gasteiger partial charge in [-0.2, -0.15) is 0 Å². The van der Waals surface area contributed by atoms with E-state index in [1.807, 2.05) is 78.9 Å². The number of nitrogens with zero attached hydrogens (tertiary/aromatic N) is 2. The molecule has 2 aliphatic rings. The number of furan rings is 1. The molecule has 0 spiro atoms. The van der Waals surface area contributed by atoms with Gasteiger partial charge in [0.05, 0.1) is 25.1 Å². The number of benzene rings is 13. The van der Waals surface area contributed by atoms with Crippen molar-refractivity contribution in [1.29, 1.82) is 0 Å². The van der Waals surface area contributed by atoms with Crippen molar-refractivity contribution in [1.82, 2.24) is 0 Å². The molecule has 0 unspecified atom stereocenters. The molecular weight excluding hydrogens is 1090 g/mol. The first kappa shape index (κ1) is 44.7. The zero-order chi connectivity index (χ0) is 69.5. The molecule has 2 aliphatic heterocycles. The standard InChI is InChI=1S/C86H67BN2O/c1-85(2,3)65-52-69(58-32-17-9-18-33-58)83(70(53-65)59-34-19-10-20-35-59)88-75-48-62(56-28-13-7-14-29-56)44-46-73(75)87-74-47-45-63(57-30-15-8-16-31-57)49-76(74)89(78-51-64(50-77(88)82(78)87)67-41-27-43-80-81(67)68-40-25-26-42-79(68)90-80)84-71(60-36-21-11-22-37-60)54-66(86(4,5)6)55-72(84)61-38-23-12-24-39-61/h7-55H,1-6H3/i7D,8D,13D,14D,15D,16D,28D,29D,30D,31D. The minimum absolute atomic E-state index is 0.0567. The summed E-state index contributed by atoms with van der Waals surface area (Å²) in [7, 11) is 0. The van der Waals surface area contributed by atoms with Crippen LogP contribution in [0.25, 0.3) is 99.8 Å². The molecule has 4 heteroatoms. The summed E-state index contributed by atoms with van der Waals surface area (Å²) in [5.41, 5.74) is 20.4. The van der Waals surface area contributed by atoms with E-state index in [2.05, 4.69) is 209 Å². The normalized spacial score (nSPS) is 14.3. The first-order valence-corrected chi connectivity index (χ1v) is 30.8. The van der Waals surface area contributed by atoms with Crippen LogP contribution in [-0.2, 0) is 10.8 Å². The molecule has 16 rings (SSSR count). The summed E-state index contributed by atoms with van der Waals surface area (Å²) in [4.78, 5) is 4.75. The fraction of sp³-hybridized carbons (Fsp3) is 0.0930. The van der Waals surface area contributed by atoms with Crippen molar-refractivity contribution in [2.45, 2.75) is 52.4 Å². The summed E-state index contributed by atoms with van der Waals surface area (Å²) < 4.78 is 98.9. The van der Waals surface area contributed by atoms with Crippen LogP contribution >= 0.6 is 0 Å². The number of para-hydroxylation sites is 1. The van der Waals surface area contributed by atoms with E-state index in [-0.39, 0.29) is 46.1 Å². The van der Waals surface area contributed by atoms with Crippen LogP contribution in [0.5, 0.6) is 0 Å². The zero-order valence-electron chi connectivity index (χ0n) is 60.9. The van der Waals surface area contributed by atoms with Crippen LogP contribution < -0.4 is 26.2 Å². The molecule has 0 fully saturated rings. The quantitative estimate of drug-likeness (QED) is 0.134. The maximum Gasteiger partial charge on any atom is 0.252 e. The molecule has 0 atom stereocenters. The highest BCUT2D eigenvalue weighted by Crippen LogP contribution is 2.56. The van der Waals surface area contributed by atoms with E-state index in [0.717, 1.165) is 122 Å². The molecule has 430 valence electrons. The van der Waals surface area contributed by atoms with Crippen molar-refractivity contribution >= 4 is 79.2 Å². The van der Waals surface area contributed by atoms with Crippen LogP contribution in [0.15, 0.2) is 301 Å². The molecule has 3 nitrogen and oxygen atoms in total. The molecule has 13 aromatic carbocycles. The SMILES string of the molecule is [2H]c1c([2H])c([2H])c(-c2ccc3c(c2)N(c2c(-c4ccccc4)cc(C(C)(C)C)cc2-c2ccccc2)c2cc(-c4cccc5oc6ccccc6c45)cc4c2B3c2ccc(-c3c([2H])c([2H])c([2H])c([2H])c3[2H])cc2N4c2c(-c3ccccc3)cc(C(C)(C)C)cc2-c2ccccc2)c([2H])c1[2H]. The summed E-state index contributed by atoms with van der Waals surface area (Å²) >= 11 is 0. The Bertz CT molecular complexity index is 5240. The number of hydrogen-bond donors (Lipinski definition) is 0. The Hall–Kier alpha value is -10.7. The van der Waals surface area contributed by atoms with Crippen molar-refractivity contribution in [2.75, 3.05) is 9.80 Å². The summed E-state index contributed by atoms with van der Waals surface area (Å²) in [5.74, 6) is 0. The average molecular weight is 1170 g/mol. The molecule has 3 heterocycles. The van der Waals surface area contributed by atoms with Gasteiger partial charge in [-0.1, -0.05) is 278 Å². The third kappa shape index (κ3) is 9.28. The number of fused-ring (bicyclic) bond motifs is 7. The lowest BCUT2D eigenvalue weighted by Gasteiger charge is -2.46. The van der Waals surface area contributed by atoms with Crippen LogP contribution in [0.3, 0.4) is 0 Å². The molecule has 0 N–H and O–H groups in total. The Morgan fingerprint density at radius 1 is 0.322 bits per heavy atom. The van der Waals surface area contributed by atoms with Crippen LogP contribution in [0.1, 0.15) is 66.4 Å². The molecule has 1 aromatic heterocycles. The lowest BCUT2D eigenvalue weighted by molar-refractivity contribution is 0.590. The Balaban J connectivity index is 1.15. The minimum atomic E-state index is -0.631. The molecule has 0 aliphatic carbocycles. The number of hydrogen-bond acceptors (Lipinski definition) is 3. The van der Waals surface area contributed by atoms with Gasteiger partial charge in [0.25, 0.3) is 6.71 Å².